The van der Waals surface area contributed by atoms with Crippen LogP contribution in [0.2, 0.25) is 0 Å². The van der Waals surface area contributed by atoms with E-state index >= 15 is 0 Å². The van der Waals surface area contributed by atoms with Gasteiger partial charge in [-0.2, -0.15) is 0 Å². The number of hydrogen-bond acceptors (Lipinski definition) is 6. The number of pyridine rings is 1. The molecule has 1 amide bonds. The Morgan fingerprint density at radius 2 is 1.96 bits per heavy atom. The first-order valence-corrected chi connectivity index (χ1v) is 10.7. The van der Waals surface area contributed by atoms with Crippen molar-refractivity contribution in [1.29, 1.82) is 0 Å². The second-order valence-corrected chi connectivity index (χ2v) is 8.54. The van der Waals surface area contributed by atoms with Crippen molar-refractivity contribution in [2.24, 2.45) is 10.9 Å². The van der Waals surface area contributed by atoms with E-state index in [1.54, 1.807) is 12.4 Å². The molecule has 1 aliphatic carbocycles. The molecule has 2 bridgehead atoms. The summed E-state index contributed by atoms with van der Waals surface area (Å²) in [5.74, 6) is 0.681. The molecule has 4 fully saturated rings. The van der Waals surface area contributed by atoms with Crippen molar-refractivity contribution >= 4 is 23.5 Å². The van der Waals surface area contributed by atoms with Crippen LogP contribution in [0, 0.1) is 5.92 Å². The second-order valence-electron chi connectivity index (χ2n) is 8.54. The van der Waals surface area contributed by atoms with Crippen LogP contribution in [-0.2, 0) is 9.53 Å². The van der Waals surface area contributed by atoms with Crippen molar-refractivity contribution in [2.45, 2.75) is 63.3 Å². The number of anilines is 2. The average Bonchev–Trinajstić information content (AvgIpc) is 3.53. The van der Waals surface area contributed by atoms with E-state index in [-0.39, 0.29) is 6.23 Å². The molecule has 7 nitrogen and oxygen atoms in total. The zero-order valence-electron chi connectivity index (χ0n) is 16.3. The Kier molecular flexibility index (Phi) is 4.70. The zero-order valence-corrected chi connectivity index (χ0v) is 16.3. The maximum atomic E-state index is 12.7. The maximum Gasteiger partial charge on any atom is 0.226 e. The van der Waals surface area contributed by atoms with E-state index in [4.69, 9.17) is 10.5 Å². The molecule has 2 N–H and O–H groups in total. The minimum absolute atomic E-state index is 0.0774. The van der Waals surface area contributed by atoms with E-state index in [0.717, 1.165) is 70.3 Å². The molecule has 0 radical (unpaired) electrons. The summed E-state index contributed by atoms with van der Waals surface area (Å²) >= 11 is 0. The smallest absolute Gasteiger partial charge is 0.226 e. The van der Waals surface area contributed by atoms with E-state index in [2.05, 4.69) is 19.8 Å². The zero-order chi connectivity index (χ0) is 19.1. The number of ether oxygens (including phenoxy) is 1. The third-order valence-corrected chi connectivity index (χ3v) is 6.52. The molecule has 28 heavy (non-hydrogen) atoms. The summed E-state index contributed by atoms with van der Waals surface area (Å²) in [6, 6.07) is 2.61. The van der Waals surface area contributed by atoms with Gasteiger partial charge in [-0.3, -0.25) is 14.8 Å². The first-order chi connectivity index (χ1) is 13.7. The van der Waals surface area contributed by atoms with E-state index in [1.165, 1.54) is 0 Å². The van der Waals surface area contributed by atoms with Gasteiger partial charge in [-0.25, -0.2) is 0 Å². The molecule has 7 heteroatoms. The Morgan fingerprint density at radius 1 is 1.18 bits per heavy atom. The minimum Gasteiger partial charge on any atom is -0.395 e. The highest BCUT2D eigenvalue weighted by atomic mass is 16.5. The Bertz CT molecular complexity index is 758. The predicted molar refractivity (Wildman–Crippen MR) is 108 cm³/mol. The van der Waals surface area contributed by atoms with Crippen LogP contribution in [0.25, 0.3) is 0 Å². The van der Waals surface area contributed by atoms with Gasteiger partial charge in [0.25, 0.3) is 0 Å². The topological polar surface area (TPSA) is 84.0 Å². The van der Waals surface area contributed by atoms with Crippen LogP contribution < -0.4 is 10.6 Å². The highest BCUT2D eigenvalue weighted by Crippen LogP contribution is 2.39. The first-order valence-electron chi connectivity index (χ1n) is 10.7. The Balaban J connectivity index is 1.32. The van der Waals surface area contributed by atoms with Crippen LogP contribution in [-0.4, -0.2) is 60.0 Å². The highest BCUT2D eigenvalue weighted by molar-refractivity contribution is 5.90. The molecule has 3 unspecified atom stereocenters. The SMILES string of the molecule is Nc1c(N2CC3CCC(C2)N3C(=O)C2CC2)ccnc1/C=N/C1CCCCO1. The van der Waals surface area contributed by atoms with Gasteiger partial charge >= 0.3 is 0 Å². The average molecular weight is 383 g/mol. The fourth-order valence-electron chi connectivity index (χ4n) is 4.85. The molecule has 3 aliphatic heterocycles. The van der Waals surface area contributed by atoms with Crippen molar-refractivity contribution in [3.05, 3.63) is 18.0 Å². The number of carbonyl (C=O) groups is 1. The van der Waals surface area contributed by atoms with E-state index in [9.17, 15) is 4.79 Å². The summed E-state index contributed by atoms with van der Waals surface area (Å²) in [6.07, 6.45) is 11.0. The van der Waals surface area contributed by atoms with Crippen molar-refractivity contribution < 1.29 is 9.53 Å². The van der Waals surface area contributed by atoms with Crippen LogP contribution in [0.15, 0.2) is 17.3 Å². The van der Waals surface area contributed by atoms with Crippen LogP contribution in [0.3, 0.4) is 0 Å². The maximum absolute atomic E-state index is 12.7. The van der Waals surface area contributed by atoms with E-state index in [0.29, 0.717) is 35.3 Å². The second kappa shape index (κ2) is 7.35. The van der Waals surface area contributed by atoms with E-state index < -0.39 is 0 Å². The molecule has 4 heterocycles. The molecular weight excluding hydrogens is 354 g/mol. The van der Waals surface area contributed by atoms with Gasteiger partial charge < -0.3 is 20.3 Å². The molecule has 150 valence electrons. The summed E-state index contributed by atoms with van der Waals surface area (Å²) in [6.45, 7) is 2.48. The van der Waals surface area contributed by atoms with Crippen molar-refractivity contribution in [3.8, 4) is 0 Å². The number of carbonyl (C=O) groups excluding carboxylic acids is 1. The highest BCUT2D eigenvalue weighted by Gasteiger charge is 2.46. The molecule has 0 spiro atoms. The molecule has 3 atom stereocenters. The van der Waals surface area contributed by atoms with Crippen LogP contribution in [0.5, 0.6) is 0 Å². The van der Waals surface area contributed by atoms with Gasteiger partial charge in [-0.15, -0.1) is 0 Å². The van der Waals surface area contributed by atoms with Gasteiger partial charge in [0, 0.05) is 43.9 Å². The summed E-state index contributed by atoms with van der Waals surface area (Å²) in [7, 11) is 0. The van der Waals surface area contributed by atoms with Crippen molar-refractivity contribution in [2.75, 3.05) is 30.3 Å². The number of piperazine rings is 1. The normalized spacial score (nSPS) is 30.2. The number of hydrogen-bond donors (Lipinski definition) is 1. The quantitative estimate of drug-likeness (QED) is 0.806. The number of aromatic nitrogens is 1. The number of rotatable bonds is 4. The summed E-state index contributed by atoms with van der Waals surface area (Å²) in [5, 5.41) is 0. The molecule has 4 aliphatic rings. The van der Waals surface area contributed by atoms with Gasteiger partial charge in [-0.05, 0) is 51.0 Å². The van der Waals surface area contributed by atoms with Crippen molar-refractivity contribution in [3.63, 3.8) is 0 Å². The number of aliphatic imine (C=N–C) groups is 1. The molecular formula is C21H29N5O2. The Hall–Kier alpha value is -2.15. The summed E-state index contributed by atoms with van der Waals surface area (Å²) < 4.78 is 5.67. The molecule has 1 aromatic heterocycles. The Labute approximate surface area is 165 Å². The molecule has 1 aromatic rings. The predicted octanol–water partition coefficient (Wildman–Crippen LogP) is 2.20. The minimum atomic E-state index is -0.0774. The van der Waals surface area contributed by atoms with Gasteiger partial charge in [0.15, 0.2) is 0 Å². The lowest BCUT2D eigenvalue weighted by atomic mass is 10.1. The fourth-order valence-corrected chi connectivity index (χ4v) is 4.85. The molecule has 3 saturated heterocycles. The van der Waals surface area contributed by atoms with Crippen LogP contribution in [0.4, 0.5) is 11.4 Å². The van der Waals surface area contributed by atoms with Crippen LogP contribution >= 0.6 is 0 Å². The monoisotopic (exact) mass is 383 g/mol. The third-order valence-electron chi connectivity index (χ3n) is 6.52. The largest absolute Gasteiger partial charge is 0.395 e. The van der Waals surface area contributed by atoms with Gasteiger partial charge in [0.2, 0.25) is 5.91 Å². The number of nitrogens with two attached hydrogens (primary N) is 1. The summed E-state index contributed by atoms with van der Waals surface area (Å²) in [5.41, 5.74) is 8.86. The Morgan fingerprint density at radius 3 is 2.64 bits per heavy atom. The van der Waals surface area contributed by atoms with Gasteiger partial charge in [-0.1, -0.05) is 0 Å². The number of fused-ring (bicyclic) bond motifs is 2. The molecule has 1 saturated carbocycles. The first kappa shape index (κ1) is 17.9. The standard InChI is InChI=1S/C21H29N5O2/c22-20-17(11-24-19-3-1-2-10-28-19)23-9-8-18(20)25-12-15-6-7-16(13-25)26(15)21(27)14-4-5-14/h8-9,11,14-16,19H,1-7,10,12-13,22H2/b24-11+. The summed E-state index contributed by atoms with van der Waals surface area (Å²) in [4.78, 5) is 26.2. The number of nitrogens with zero attached hydrogens (tertiary/aromatic N) is 4. The fraction of sp³-hybridized carbons (Fsp3) is 0.667. The lowest BCUT2D eigenvalue weighted by Crippen LogP contribution is -2.56. The number of amides is 1. The molecule has 0 aromatic carbocycles. The number of nitrogen functional groups attached to an aromatic ring is 1. The lowest BCUT2D eigenvalue weighted by molar-refractivity contribution is -0.135. The molecule has 5 rings (SSSR count). The van der Waals surface area contributed by atoms with Gasteiger partial charge in [0.05, 0.1) is 17.6 Å². The van der Waals surface area contributed by atoms with Crippen LogP contribution in [0.1, 0.15) is 50.6 Å². The lowest BCUT2D eigenvalue weighted by Gasteiger charge is -2.42. The van der Waals surface area contributed by atoms with E-state index in [1.807, 2.05) is 6.07 Å². The van der Waals surface area contributed by atoms with Crippen molar-refractivity contribution in [1.82, 2.24) is 9.88 Å². The third kappa shape index (κ3) is 3.36. The van der Waals surface area contributed by atoms with Gasteiger partial charge in [0.1, 0.15) is 11.9 Å².